The van der Waals surface area contributed by atoms with Crippen LogP contribution < -0.4 is 4.57 Å². The molecular weight excluding hydrogens is 364 g/mol. The van der Waals surface area contributed by atoms with Crippen molar-refractivity contribution in [3.05, 3.63) is 90.0 Å². The highest BCUT2D eigenvalue weighted by Gasteiger charge is 2.17. The molecule has 30 heavy (non-hydrogen) atoms. The van der Waals surface area contributed by atoms with Gasteiger partial charge >= 0.3 is 0 Å². The fourth-order valence-electron chi connectivity index (χ4n) is 4.22. The number of nitrogens with zero attached hydrogens (tertiary/aromatic N) is 2. The van der Waals surface area contributed by atoms with E-state index in [2.05, 4.69) is 89.1 Å². The summed E-state index contributed by atoms with van der Waals surface area (Å²) in [4.78, 5) is 0. The summed E-state index contributed by atoms with van der Waals surface area (Å²) in [5, 5.41) is 0. The van der Waals surface area contributed by atoms with Gasteiger partial charge in [0.2, 0.25) is 0 Å². The van der Waals surface area contributed by atoms with Crippen LogP contribution in [0, 0.1) is 0 Å². The summed E-state index contributed by atoms with van der Waals surface area (Å²) >= 11 is 0. The van der Waals surface area contributed by atoms with Crippen LogP contribution in [0.25, 0.3) is 0 Å². The van der Waals surface area contributed by atoms with Crippen LogP contribution in [0.3, 0.4) is 0 Å². The standard InChI is InChI=1S/C28H39N2/c1-2-3-4-5-6-7-14-21-29-23-24-30(22-15-20-26-16-10-8-11-17-26)28(29)25-27-18-12-9-13-19-27/h8-13,16-19,23-24H,2-7,14-15,20-22,25H2,1H3/q+1. The molecule has 2 nitrogen and oxygen atoms in total. The maximum absolute atomic E-state index is 2.50. The van der Waals surface area contributed by atoms with Gasteiger partial charge in [-0.3, -0.25) is 0 Å². The van der Waals surface area contributed by atoms with Crippen molar-refractivity contribution in [2.75, 3.05) is 0 Å². The molecular formula is C28H39N2+. The van der Waals surface area contributed by atoms with Gasteiger partial charge in [0.1, 0.15) is 12.4 Å². The first kappa shape index (κ1) is 22.3. The maximum atomic E-state index is 2.50. The Balaban J connectivity index is 1.57. The number of imidazole rings is 1. The fourth-order valence-corrected chi connectivity index (χ4v) is 4.22. The number of hydrogen-bond acceptors (Lipinski definition) is 0. The molecule has 0 bridgehead atoms. The Hall–Kier alpha value is -2.35. The van der Waals surface area contributed by atoms with E-state index in [-0.39, 0.29) is 0 Å². The minimum absolute atomic E-state index is 1.01. The van der Waals surface area contributed by atoms with Gasteiger partial charge in [-0.1, -0.05) is 99.7 Å². The molecule has 0 aliphatic carbocycles. The van der Waals surface area contributed by atoms with Crippen molar-refractivity contribution in [2.24, 2.45) is 0 Å². The van der Waals surface area contributed by atoms with Crippen molar-refractivity contribution in [2.45, 2.75) is 84.2 Å². The highest BCUT2D eigenvalue weighted by molar-refractivity contribution is 5.18. The zero-order chi connectivity index (χ0) is 20.9. The first-order chi connectivity index (χ1) is 14.9. The van der Waals surface area contributed by atoms with Crippen molar-refractivity contribution in [1.82, 2.24) is 4.57 Å². The smallest absolute Gasteiger partial charge is 0.234 e. The number of aromatic nitrogens is 2. The largest absolute Gasteiger partial charge is 0.260 e. The summed E-state index contributed by atoms with van der Waals surface area (Å²) in [5.41, 5.74) is 2.83. The van der Waals surface area contributed by atoms with Crippen LogP contribution in [0.15, 0.2) is 73.1 Å². The van der Waals surface area contributed by atoms with Gasteiger partial charge in [-0.25, -0.2) is 9.13 Å². The predicted octanol–water partition coefficient (Wildman–Crippen LogP) is 6.75. The quantitative estimate of drug-likeness (QED) is 0.208. The lowest BCUT2D eigenvalue weighted by atomic mass is 10.1. The third-order valence-corrected chi connectivity index (χ3v) is 6.00. The minimum Gasteiger partial charge on any atom is -0.234 e. The predicted molar refractivity (Wildman–Crippen MR) is 127 cm³/mol. The molecule has 160 valence electrons. The molecule has 0 atom stereocenters. The zero-order valence-corrected chi connectivity index (χ0v) is 18.8. The molecule has 2 aromatic carbocycles. The third kappa shape index (κ3) is 7.48. The summed E-state index contributed by atoms with van der Waals surface area (Å²) in [6.07, 6.45) is 17.5. The minimum atomic E-state index is 1.01. The molecule has 3 rings (SSSR count). The first-order valence-electron chi connectivity index (χ1n) is 12.0. The number of benzene rings is 2. The Morgan fingerprint density at radius 2 is 1.33 bits per heavy atom. The van der Waals surface area contributed by atoms with E-state index in [1.165, 1.54) is 68.3 Å². The van der Waals surface area contributed by atoms with E-state index in [0.29, 0.717) is 0 Å². The number of hydrogen-bond donors (Lipinski definition) is 0. The molecule has 0 spiro atoms. The van der Waals surface area contributed by atoms with Crippen LogP contribution in [-0.4, -0.2) is 4.57 Å². The van der Waals surface area contributed by atoms with Crippen molar-refractivity contribution >= 4 is 0 Å². The number of unbranched alkanes of at least 4 members (excludes halogenated alkanes) is 6. The Kier molecular flexibility index (Phi) is 9.72. The van der Waals surface area contributed by atoms with E-state index in [1.54, 1.807) is 0 Å². The van der Waals surface area contributed by atoms with E-state index in [1.807, 2.05) is 0 Å². The van der Waals surface area contributed by atoms with Gasteiger partial charge in [-0.05, 0) is 36.8 Å². The first-order valence-corrected chi connectivity index (χ1v) is 12.0. The number of aryl methyl sites for hydroxylation is 3. The summed E-state index contributed by atoms with van der Waals surface area (Å²) in [6, 6.07) is 21.8. The molecule has 3 aromatic rings. The topological polar surface area (TPSA) is 8.81 Å². The van der Waals surface area contributed by atoms with Crippen LogP contribution in [0.4, 0.5) is 0 Å². The normalized spacial score (nSPS) is 11.1. The molecule has 0 saturated heterocycles. The van der Waals surface area contributed by atoms with Crippen molar-refractivity contribution < 1.29 is 4.57 Å². The van der Waals surface area contributed by atoms with Gasteiger partial charge in [-0.2, -0.15) is 0 Å². The van der Waals surface area contributed by atoms with E-state index >= 15 is 0 Å². The van der Waals surface area contributed by atoms with E-state index in [4.69, 9.17) is 0 Å². The molecule has 0 unspecified atom stereocenters. The SMILES string of the molecule is CCCCCCCCCn1cc[n+](CCCc2ccccc2)c1Cc1ccccc1. The van der Waals surface area contributed by atoms with Gasteiger partial charge in [-0.15, -0.1) is 0 Å². The summed E-state index contributed by atoms with van der Waals surface area (Å²) in [6.45, 7) is 4.51. The molecule has 1 heterocycles. The van der Waals surface area contributed by atoms with Gasteiger partial charge in [0.15, 0.2) is 0 Å². The molecule has 0 aliphatic rings. The van der Waals surface area contributed by atoms with Crippen molar-refractivity contribution in [3.63, 3.8) is 0 Å². The fraction of sp³-hybridized carbons (Fsp3) is 0.464. The van der Waals surface area contributed by atoms with E-state index < -0.39 is 0 Å². The van der Waals surface area contributed by atoms with Gasteiger partial charge < -0.3 is 0 Å². The Bertz CT molecular complexity index is 820. The Morgan fingerprint density at radius 1 is 0.700 bits per heavy atom. The van der Waals surface area contributed by atoms with Crippen LogP contribution >= 0.6 is 0 Å². The highest BCUT2D eigenvalue weighted by atomic mass is 15.1. The molecule has 0 aliphatic heterocycles. The Labute approximate surface area is 183 Å². The van der Waals surface area contributed by atoms with Crippen LogP contribution in [0.2, 0.25) is 0 Å². The average molecular weight is 404 g/mol. The molecule has 0 amide bonds. The second-order valence-corrected chi connectivity index (χ2v) is 8.47. The molecule has 1 aromatic heterocycles. The maximum Gasteiger partial charge on any atom is 0.260 e. The zero-order valence-electron chi connectivity index (χ0n) is 18.8. The molecule has 0 fully saturated rings. The van der Waals surface area contributed by atoms with E-state index in [0.717, 1.165) is 25.9 Å². The van der Waals surface area contributed by atoms with Gasteiger partial charge in [0.25, 0.3) is 5.82 Å². The molecule has 0 radical (unpaired) electrons. The average Bonchev–Trinajstić information content (AvgIpc) is 3.16. The summed E-state index contributed by atoms with van der Waals surface area (Å²) in [5.74, 6) is 1.44. The molecule has 0 saturated carbocycles. The molecule has 0 N–H and O–H groups in total. The lowest BCUT2D eigenvalue weighted by molar-refractivity contribution is -0.703. The lowest BCUT2D eigenvalue weighted by Crippen LogP contribution is -2.37. The van der Waals surface area contributed by atoms with Crippen LogP contribution in [0.5, 0.6) is 0 Å². The second-order valence-electron chi connectivity index (χ2n) is 8.47. The second kappa shape index (κ2) is 13.1. The third-order valence-electron chi connectivity index (χ3n) is 6.00. The summed E-state index contributed by atoms with van der Waals surface area (Å²) < 4.78 is 4.98. The van der Waals surface area contributed by atoms with E-state index in [9.17, 15) is 0 Å². The Morgan fingerprint density at radius 3 is 2.03 bits per heavy atom. The van der Waals surface area contributed by atoms with Crippen molar-refractivity contribution in [1.29, 1.82) is 0 Å². The van der Waals surface area contributed by atoms with Crippen LogP contribution in [-0.2, 0) is 25.9 Å². The summed E-state index contributed by atoms with van der Waals surface area (Å²) in [7, 11) is 0. The van der Waals surface area contributed by atoms with Gasteiger partial charge in [0.05, 0.1) is 19.5 Å². The van der Waals surface area contributed by atoms with Crippen molar-refractivity contribution in [3.8, 4) is 0 Å². The molecule has 2 heteroatoms. The van der Waals surface area contributed by atoms with Gasteiger partial charge in [0, 0.05) is 0 Å². The highest BCUT2D eigenvalue weighted by Crippen LogP contribution is 2.12. The lowest BCUT2D eigenvalue weighted by Gasteiger charge is -2.07. The monoisotopic (exact) mass is 403 g/mol. The number of rotatable bonds is 14. The van der Waals surface area contributed by atoms with Crippen LogP contribution in [0.1, 0.15) is 75.2 Å².